The highest BCUT2D eigenvalue weighted by atomic mass is 32.1. The Bertz CT molecular complexity index is 1440. The molecule has 9 nitrogen and oxygen atoms in total. The minimum atomic E-state index is -4.57. The van der Waals surface area contributed by atoms with E-state index in [1.807, 2.05) is 17.9 Å². The quantitative estimate of drug-likeness (QED) is 0.398. The number of anilines is 2. The van der Waals surface area contributed by atoms with Crippen LogP contribution in [0, 0.1) is 12.8 Å². The van der Waals surface area contributed by atoms with Crippen LogP contribution in [0.3, 0.4) is 0 Å². The number of alkyl halides is 3. The molecule has 4 heterocycles. The third-order valence-corrected chi connectivity index (χ3v) is 9.52. The van der Waals surface area contributed by atoms with Gasteiger partial charge in [0, 0.05) is 49.9 Å². The van der Waals surface area contributed by atoms with Gasteiger partial charge < -0.3 is 24.8 Å². The number of amides is 1. The Morgan fingerprint density at radius 2 is 1.81 bits per heavy atom. The lowest BCUT2D eigenvalue weighted by Crippen LogP contribution is -2.49. The van der Waals surface area contributed by atoms with Crippen LogP contribution in [0.25, 0.3) is 10.4 Å². The lowest BCUT2D eigenvalue weighted by molar-refractivity contribution is -0.188. The first kappa shape index (κ1) is 29.0. The van der Waals surface area contributed by atoms with Gasteiger partial charge >= 0.3 is 6.18 Å². The molecule has 1 aliphatic carbocycles. The highest BCUT2D eigenvalue weighted by molar-refractivity contribution is 7.15. The van der Waals surface area contributed by atoms with Crippen LogP contribution >= 0.6 is 11.3 Å². The van der Waals surface area contributed by atoms with Crippen LogP contribution in [0.5, 0.6) is 0 Å². The van der Waals surface area contributed by atoms with E-state index in [9.17, 15) is 23.1 Å². The van der Waals surface area contributed by atoms with Crippen LogP contribution in [0.1, 0.15) is 54.8 Å². The molecule has 0 atom stereocenters. The topological polar surface area (TPSA) is 110 Å². The number of rotatable bonds is 5. The first-order valence-corrected chi connectivity index (χ1v) is 14.9. The number of piperidine rings is 1. The molecule has 1 spiro atoms. The molecule has 3 aromatic rings. The first-order chi connectivity index (χ1) is 20.0. The summed E-state index contributed by atoms with van der Waals surface area (Å²) >= 11 is 1.38. The molecule has 13 heteroatoms. The molecule has 1 saturated carbocycles. The molecule has 3 aliphatic rings. The minimum Gasteiger partial charge on any atom is -0.383 e. The number of aryl methyl sites for hydroxylation is 1. The summed E-state index contributed by atoms with van der Waals surface area (Å²) in [7, 11) is 0. The highest BCUT2D eigenvalue weighted by Crippen LogP contribution is 2.44. The Morgan fingerprint density at radius 1 is 1.10 bits per heavy atom. The summed E-state index contributed by atoms with van der Waals surface area (Å²) in [6, 6.07) is 6.34. The highest BCUT2D eigenvalue weighted by Gasteiger charge is 2.44. The van der Waals surface area contributed by atoms with E-state index < -0.39 is 23.3 Å². The van der Waals surface area contributed by atoms with E-state index in [-0.39, 0.29) is 17.8 Å². The average Bonchev–Trinajstić information content (AvgIpc) is 3.64. The predicted octanol–water partition coefficient (Wildman–Crippen LogP) is 5.41. The number of carbonyl (C=O) groups is 1. The summed E-state index contributed by atoms with van der Waals surface area (Å²) in [6.45, 7) is 4.31. The fraction of sp³-hybridized carbons (Fsp3) is 0.517. The van der Waals surface area contributed by atoms with Gasteiger partial charge in [0.2, 0.25) is 11.9 Å². The monoisotopic (exact) mass is 603 g/mol. The number of thiazole rings is 1. The van der Waals surface area contributed by atoms with Crippen molar-refractivity contribution in [2.24, 2.45) is 5.92 Å². The summed E-state index contributed by atoms with van der Waals surface area (Å²) in [6.07, 6.45) is 1.59. The number of benzene rings is 1. The number of aliphatic hydroxyl groups is 1. The third kappa shape index (κ3) is 6.01. The number of carbonyl (C=O) groups excluding carboxylic acids is 1. The molecule has 2 saturated heterocycles. The zero-order chi connectivity index (χ0) is 29.5. The zero-order valence-electron chi connectivity index (χ0n) is 23.1. The fourth-order valence-electron chi connectivity index (χ4n) is 5.99. The second-order valence-electron chi connectivity index (χ2n) is 11.2. The molecule has 0 unspecified atom stereocenters. The van der Waals surface area contributed by atoms with E-state index in [4.69, 9.17) is 9.47 Å². The number of hydrogen-bond donors (Lipinski definition) is 2. The molecule has 42 heavy (non-hydrogen) atoms. The number of likely N-dealkylation sites (tertiary alicyclic amines) is 1. The number of ether oxygens (including phenoxy) is 2. The van der Waals surface area contributed by atoms with E-state index in [1.165, 1.54) is 11.3 Å². The summed E-state index contributed by atoms with van der Waals surface area (Å²) in [4.78, 5) is 28.0. The fourth-order valence-corrected chi connectivity index (χ4v) is 7.04. The van der Waals surface area contributed by atoms with E-state index >= 15 is 0 Å². The number of halogens is 3. The van der Waals surface area contributed by atoms with Gasteiger partial charge in [-0.15, -0.1) is 11.3 Å². The normalized spacial score (nSPS) is 24.2. The largest absolute Gasteiger partial charge is 0.433 e. The van der Waals surface area contributed by atoms with Crippen LogP contribution in [0.2, 0.25) is 0 Å². The molecule has 2 aliphatic heterocycles. The Hall–Kier alpha value is -3.13. The lowest BCUT2D eigenvalue weighted by atomic mass is 9.78. The Labute approximate surface area is 245 Å². The van der Waals surface area contributed by atoms with Crippen molar-refractivity contribution in [3.63, 3.8) is 0 Å². The second-order valence-corrected chi connectivity index (χ2v) is 12.3. The Morgan fingerprint density at radius 3 is 2.50 bits per heavy atom. The average molecular weight is 604 g/mol. The van der Waals surface area contributed by atoms with Crippen molar-refractivity contribution in [2.75, 3.05) is 31.6 Å². The molecule has 224 valence electrons. The van der Waals surface area contributed by atoms with E-state index in [2.05, 4.69) is 20.3 Å². The van der Waals surface area contributed by atoms with Crippen molar-refractivity contribution in [3.05, 3.63) is 52.9 Å². The molecular weight excluding hydrogens is 571 g/mol. The van der Waals surface area contributed by atoms with Crippen molar-refractivity contribution in [2.45, 2.75) is 63.0 Å². The molecule has 0 radical (unpaired) electrons. The van der Waals surface area contributed by atoms with E-state index in [1.54, 1.807) is 18.3 Å². The molecular formula is C29H32F3N5O4S. The van der Waals surface area contributed by atoms with Crippen molar-refractivity contribution in [1.82, 2.24) is 19.9 Å². The van der Waals surface area contributed by atoms with Crippen LogP contribution in [0.4, 0.5) is 24.8 Å². The van der Waals surface area contributed by atoms with Gasteiger partial charge in [-0.25, -0.2) is 15.0 Å². The van der Waals surface area contributed by atoms with Gasteiger partial charge in [0.25, 0.3) is 0 Å². The SMILES string of the molecule is Cc1cc(Nc2nccc(C(F)(F)F)n2)cc(-c2cnc([C@]3(O)CC[C@@H](C(=O)N4CCC5(CC4)OCCO5)CC3)s2)c1. The summed E-state index contributed by atoms with van der Waals surface area (Å²) in [5, 5.41) is 15.0. The van der Waals surface area contributed by atoms with Gasteiger partial charge in [-0.1, -0.05) is 6.07 Å². The van der Waals surface area contributed by atoms with Gasteiger partial charge in [0.05, 0.1) is 18.1 Å². The first-order valence-electron chi connectivity index (χ1n) is 14.1. The molecule has 2 aromatic heterocycles. The zero-order valence-corrected chi connectivity index (χ0v) is 23.9. The van der Waals surface area contributed by atoms with Crippen LogP contribution in [-0.4, -0.2) is 63.0 Å². The molecule has 3 fully saturated rings. The Balaban J connectivity index is 1.10. The van der Waals surface area contributed by atoms with Crippen molar-refractivity contribution < 1.29 is 32.5 Å². The second kappa shape index (κ2) is 11.2. The Kier molecular flexibility index (Phi) is 7.71. The van der Waals surface area contributed by atoms with E-state index in [0.29, 0.717) is 75.5 Å². The van der Waals surface area contributed by atoms with E-state index in [0.717, 1.165) is 28.3 Å². The summed E-state index contributed by atoms with van der Waals surface area (Å²) in [5.41, 5.74) is 0.0746. The minimum absolute atomic E-state index is 0.132. The van der Waals surface area contributed by atoms with Crippen molar-refractivity contribution in [1.29, 1.82) is 0 Å². The predicted molar refractivity (Wildman–Crippen MR) is 149 cm³/mol. The van der Waals surface area contributed by atoms with Crippen LogP contribution in [-0.2, 0) is 26.0 Å². The maximum absolute atomic E-state index is 13.2. The standard InChI is InChI=1S/C29H32F3N5O4S/c1-18-14-20(16-21(15-18)35-26-33-9-4-23(36-26)29(30,31)32)22-17-34-25(42-22)27(39)5-2-19(3-6-27)24(38)37-10-7-28(8-11-37)40-12-13-41-28/h4,9,14-17,19,39H,2-3,5-8,10-13H2,1H3,(H,33,35,36)/t19-,27+. The summed E-state index contributed by atoms with van der Waals surface area (Å²) < 4.78 is 50.8. The molecule has 1 aromatic carbocycles. The molecule has 0 bridgehead atoms. The summed E-state index contributed by atoms with van der Waals surface area (Å²) in [5.74, 6) is -0.676. The van der Waals surface area contributed by atoms with Crippen LogP contribution < -0.4 is 5.32 Å². The van der Waals surface area contributed by atoms with Crippen LogP contribution in [0.15, 0.2) is 36.7 Å². The van der Waals surface area contributed by atoms with Gasteiger partial charge in [0.1, 0.15) is 16.3 Å². The van der Waals surface area contributed by atoms with Gasteiger partial charge in [-0.2, -0.15) is 13.2 Å². The van der Waals surface area contributed by atoms with Crippen molar-refractivity contribution >= 4 is 28.9 Å². The number of hydrogen-bond acceptors (Lipinski definition) is 9. The van der Waals surface area contributed by atoms with Gasteiger partial charge in [0.15, 0.2) is 5.79 Å². The number of nitrogens with zero attached hydrogens (tertiary/aromatic N) is 4. The molecule has 1 amide bonds. The third-order valence-electron chi connectivity index (χ3n) is 8.28. The molecule has 6 rings (SSSR count). The lowest BCUT2D eigenvalue weighted by Gasteiger charge is -2.40. The number of aromatic nitrogens is 3. The number of nitrogens with one attached hydrogen (secondary N) is 1. The van der Waals surface area contributed by atoms with Crippen molar-refractivity contribution in [3.8, 4) is 10.4 Å². The smallest absolute Gasteiger partial charge is 0.383 e. The van der Waals surface area contributed by atoms with Gasteiger partial charge in [-0.3, -0.25) is 4.79 Å². The van der Waals surface area contributed by atoms with Gasteiger partial charge in [-0.05, 0) is 61.9 Å². The maximum Gasteiger partial charge on any atom is 0.433 e. The maximum atomic E-state index is 13.2. The molecule has 2 N–H and O–H groups in total.